The standard InChI is InChI=1S/C19H19NO2S2/c1-12-9-14(10-17(21-2)19(12)22-3)18-16(11-24-20-18)13-5-7-15(23-4)8-6-13/h5-11H,1-4H3. The first kappa shape index (κ1) is 16.9. The Morgan fingerprint density at radius 2 is 1.75 bits per heavy atom. The highest BCUT2D eigenvalue weighted by Crippen LogP contribution is 2.39. The van der Waals surface area contributed by atoms with Gasteiger partial charge in [-0.25, -0.2) is 0 Å². The molecule has 0 unspecified atom stereocenters. The molecule has 5 heteroatoms. The van der Waals surface area contributed by atoms with E-state index < -0.39 is 0 Å². The summed E-state index contributed by atoms with van der Waals surface area (Å²) in [4.78, 5) is 1.26. The zero-order chi connectivity index (χ0) is 17.1. The van der Waals surface area contributed by atoms with Crippen molar-refractivity contribution in [3.05, 3.63) is 47.3 Å². The van der Waals surface area contributed by atoms with Crippen molar-refractivity contribution in [3.63, 3.8) is 0 Å². The lowest BCUT2D eigenvalue weighted by Crippen LogP contribution is -1.94. The third kappa shape index (κ3) is 3.14. The summed E-state index contributed by atoms with van der Waals surface area (Å²) in [7, 11) is 3.32. The van der Waals surface area contributed by atoms with Crippen LogP contribution in [0, 0.1) is 6.92 Å². The van der Waals surface area contributed by atoms with Gasteiger partial charge in [0.05, 0.1) is 19.9 Å². The Bertz CT molecular complexity index is 841. The van der Waals surface area contributed by atoms with Crippen molar-refractivity contribution < 1.29 is 9.47 Å². The molecule has 0 N–H and O–H groups in total. The molecule has 0 aliphatic rings. The molecule has 124 valence electrons. The summed E-state index contributed by atoms with van der Waals surface area (Å²) in [5.74, 6) is 1.49. The van der Waals surface area contributed by atoms with Gasteiger partial charge in [0.2, 0.25) is 0 Å². The van der Waals surface area contributed by atoms with Gasteiger partial charge in [0.25, 0.3) is 0 Å². The van der Waals surface area contributed by atoms with Crippen molar-refractivity contribution in [1.82, 2.24) is 4.37 Å². The molecule has 3 nitrogen and oxygen atoms in total. The monoisotopic (exact) mass is 357 g/mol. The Balaban J connectivity index is 2.08. The number of thioether (sulfide) groups is 1. The predicted octanol–water partition coefficient (Wildman–Crippen LogP) is 5.52. The summed E-state index contributed by atoms with van der Waals surface area (Å²) in [6, 6.07) is 12.7. The van der Waals surface area contributed by atoms with E-state index in [2.05, 4.69) is 46.3 Å². The zero-order valence-corrected chi connectivity index (χ0v) is 15.8. The highest BCUT2D eigenvalue weighted by Gasteiger charge is 2.15. The summed E-state index contributed by atoms with van der Waals surface area (Å²) in [5, 5.41) is 2.09. The topological polar surface area (TPSA) is 31.4 Å². The van der Waals surface area contributed by atoms with E-state index in [9.17, 15) is 0 Å². The molecule has 0 saturated heterocycles. The first-order chi connectivity index (χ1) is 11.7. The molecule has 0 atom stereocenters. The second-order valence-corrected chi connectivity index (χ2v) is 6.84. The number of methoxy groups -OCH3 is 2. The fourth-order valence-electron chi connectivity index (χ4n) is 2.71. The lowest BCUT2D eigenvalue weighted by atomic mass is 10.00. The van der Waals surface area contributed by atoms with E-state index in [-0.39, 0.29) is 0 Å². The van der Waals surface area contributed by atoms with Gasteiger partial charge in [-0.1, -0.05) is 12.1 Å². The Kier molecular flexibility index (Phi) is 5.11. The van der Waals surface area contributed by atoms with Crippen LogP contribution in [0.2, 0.25) is 0 Å². The van der Waals surface area contributed by atoms with Crippen LogP contribution in [-0.2, 0) is 0 Å². The molecule has 3 rings (SSSR count). The third-order valence-electron chi connectivity index (χ3n) is 3.91. The van der Waals surface area contributed by atoms with Crippen LogP contribution < -0.4 is 9.47 Å². The van der Waals surface area contributed by atoms with Gasteiger partial charge in [-0.3, -0.25) is 0 Å². The van der Waals surface area contributed by atoms with Crippen LogP contribution in [0.15, 0.2) is 46.7 Å². The number of ether oxygens (including phenoxy) is 2. The van der Waals surface area contributed by atoms with Gasteiger partial charge in [0.15, 0.2) is 11.5 Å². The summed E-state index contributed by atoms with van der Waals surface area (Å²) in [6.45, 7) is 2.02. The number of hydrogen-bond donors (Lipinski definition) is 0. The average molecular weight is 358 g/mol. The molecular formula is C19H19NO2S2. The Labute approximate surface area is 150 Å². The van der Waals surface area contributed by atoms with Crippen molar-refractivity contribution in [2.75, 3.05) is 20.5 Å². The molecule has 0 fully saturated rings. The molecule has 2 aromatic carbocycles. The summed E-state index contributed by atoms with van der Waals surface area (Å²) < 4.78 is 15.5. The minimum Gasteiger partial charge on any atom is -0.493 e. The van der Waals surface area contributed by atoms with Crippen LogP contribution in [-0.4, -0.2) is 24.8 Å². The first-order valence-corrected chi connectivity index (χ1v) is 9.56. The van der Waals surface area contributed by atoms with Gasteiger partial charge in [0, 0.05) is 21.4 Å². The summed E-state index contributed by atoms with van der Waals surface area (Å²) in [5.41, 5.74) is 5.35. The maximum Gasteiger partial charge on any atom is 0.163 e. The molecule has 0 bridgehead atoms. The predicted molar refractivity (Wildman–Crippen MR) is 103 cm³/mol. The van der Waals surface area contributed by atoms with Crippen LogP contribution >= 0.6 is 23.3 Å². The van der Waals surface area contributed by atoms with Crippen molar-refractivity contribution >= 4 is 23.3 Å². The SMILES string of the molecule is COc1cc(-c2nscc2-c2ccc(SC)cc2)cc(C)c1OC. The molecule has 0 aliphatic carbocycles. The third-order valence-corrected chi connectivity index (χ3v) is 5.28. The van der Waals surface area contributed by atoms with Crippen molar-refractivity contribution in [1.29, 1.82) is 0 Å². The average Bonchev–Trinajstić information content (AvgIpc) is 3.10. The molecular weight excluding hydrogens is 338 g/mol. The highest BCUT2D eigenvalue weighted by molar-refractivity contribution is 7.98. The van der Waals surface area contributed by atoms with E-state index in [1.165, 1.54) is 22.0 Å². The van der Waals surface area contributed by atoms with E-state index >= 15 is 0 Å². The van der Waals surface area contributed by atoms with Crippen molar-refractivity contribution in [2.24, 2.45) is 0 Å². The largest absolute Gasteiger partial charge is 0.493 e. The summed E-state index contributed by atoms with van der Waals surface area (Å²) in [6.07, 6.45) is 2.08. The Morgan fingerprint density at radius 3 is 2.38 bits per heavy atom. The fraction of sp³-hybridized carbons (Fsp3) is 0.211. The van der Waals surface area contributed by atoms with Gasteiger partial charge in [-0.05, 0) is 60.1 Å². The lowest BCUT2D eigenvalue weighted by molar-refractivity contribution is 0.353. The minimum atomic E-state index is 0.726. The number of hydrogen-bond acceptors (Lipinski definition) is 5. The van der Waals surface area contributed by atoms with Crippen LogP contribution in [0.4, 0.5) is 0 Å². The number of aromatic nitrogens is 1. The van der Waals surface area contributed by atoms with Gasteiger partial charge in [0.1, 0.15) is 0 Å². The number of rotatable bonds is 5. The maximum atomic E-state index is 5.48. The molecule has 0 aliphatic heterocycles. The van der Waals surface area contributed by atoms with Crippen LogP contribution in [0.3, 0.4) is 0 Å². The van der Waals surface area contributed by atoms with E-state index in [0.717, 1.165) is 33.9 Å². The number of benzene rings is 2. The Hall–Kier alpha value is -1.98. The van der Waals surface area contributed by atoms with Crippen molar-refractivity contribution in [3.8, 4) is 33.9 Å². The van der Waals surface area contributed by atoms with Gasteiger partial charge < -0.3 is 9.47 Å². The van der Waals surface area contributed by atoms with Gasteiger partial charge >= 0.3 is 0 Å². The molecule has 1 heterocycles. The first-order valence-electron chi connectivity index (χ1n) is 7.49. The molecule has 1 aromatic heterocycles. The molecule has 0 spiro atoms. The molecule has 0 amide bonds. The van der Waals surface area contributed by atoms with Crippen LogP contribution in [0.5, 0.6) is 11.5 Å². The quantitative estimate of drug-likeness (QED) is 0.562. The summed E-state index contributed by atoms with van der Waals surface area (Å²) >= 11 is 3.21. The molecule has 3 aromatic rings. The zero-order valence-electron chi connectivity index (χ0n) is 14.1. The number of nitrogens with zero attached hydrogens (tertiary/aromatic N) is 1. The van der Waals surface area contributed by atoms with E-state index in [1.807, 2.05) is 13.0 Å². The van der Waals surface area contributed by atoms with Gasteiger partial charge in [-0.15, -0.1) is 11.8 Å². The van der Waals surface area contributed by atoms with E-state index in [0.29, 0.717) is 0 Å². The van der Waals surface area contributed by atoms with Crippen LogP contribution in [0.25, 0.3) is 22.4 Å². The van der Waals surface area contributed by atoms with E-state index in [1.54, 1.807) is 26.0 Å². The molecule has 24 heavy (non-hydrogen) atoms. The number of aryl methyl sites for hydroxylation is 1. The minimum absolute atomic E-state index is 0.726. The van der Waals surface area contributed by atoms with Gasteiger partial charge in [-0.2, -0.15) is 4.37 Å². The van der Waals surface area contributed by atoms with E-state index in [4.69, 9.17) is 9.47 Å². The normalized spacial score (nSPS) is 10.7. The maximum absolute atomic E-state index is 5.48. The second kappa shape index (κ2) is 7.28. The molecule has 0 radical (unpaired) electrons. The lowest BCUT2D eigenvalue weighted by Gasteiger charge is -2.13. The molecule has 0 saturated carbocycles. The Morgan fingerprint density at radius 1 is 1.00 bits per heavy atom. The fourth-order valence-corrected chi connectivity index (χ4v) is 3.84. The van der Waals surface area contributed by atoms with Crippen LogP contribution in [0.1, 0.15) is 5.56 Å². The highest BCUT2D eigenvalue weighted by atomic mass is 32.2. The van der Waals surface area contributed by atoms with Crippen molar-refractivity contribution in [2.45, 2.75) is 11.8 Å². The smallest absolute Gasteiger partial charge is 0.163 e. The second-order valence-electron chi connectivity index (χ2n) is 5.33.